The molecule has 0 aromatic heterocycles. The molecule has 1 saturated heterocycles. The summed E-state index contributed by atoms with van der Waals surface area (Å²) in [4.78, 5) is -0.736. The van der Waals surface area contributed by atoms with Gasteiger partial charge in [0.25, 0.3) is 0 Å². The van der Waals surface area contributed by atoms with Crippen molar-refractivity contribution >= 4 is 19.9 Å². The summed E-state index contributed by atoms with van der Waals surface area (Å²) in [5, 5.41) is 3.00. The molecule has 1 aromatic rings. The summed E-state index contributed by atoms with van der Waals surface area (Å²) >= 11 is 0. The number of hydrogen-bond acceptors (Lipinski definition) is 5. The third-order valence-electron chi connectivity index (χ3n) is 3.50. The summed E-state index contributed by atoms with van der Waals surface area (Å²) in [7, 11) is -5.78. The highest BCUT2D eigenvalue weighted by atomic mass is 32.2. The van der Waals surface area contributed by atoms with E-state index in [2.05, 4.69) is 5.32 Å². The molecule has 0 radical (unpaired) electrons. The van der Waals surface area contributed by atoms with E-state index in [1.54, 1.807) is 7.05 Å². The fourth-order valence-electron chi connectivity index (χ4n) is 2.27. The molecule has 21 heavy (non-hydrogen) atoms. The zero-order valence-electron chi connectivity index (χ0n) is 11.7. The molecule has 1 aliphatic heterocycles. The van der Waals surface area contributed by atoms with E-state index in [1.165, 1.54) is 4.31 Å². The minimum absolute atomic E-state index is 0.0694. The van der Waals surface area contributed by atoms with Crippen molar-refractivity contribution < 1.29 is 21.2 Å². The van der Waals surface area contributed by atoms with Crippen LogP contribution in [0.15, 0.2) is 28.0 Å². The molecule has 0 aliphatic carbocycles. The van der Waals surface area contributed by atoms with Crippen LogP contribution in [0.1, 0.15) is 6.42 Å². The van der Waals surface area contributed by atoms with E-state index in [0.29, 0.717) is 19.5 Å². The van der Waals surface area contributed by atoms with Gasteiger partial charge in [0.15, 0.2) is 9.84 Å². The van der Waals surface area contributed by atoms with Crippen LogP contribution in [0.2, 0.25) is 0 Å². The van der Waals surface area contributed by atoms with Crippen LogP contribution in [0.4, 0.5) is 4.39 Å². The Labute approximate surface area is 123 Å². The Bertz CT molecular complexity index is 747. The van der Waals surface area contributed by atoms with Crippen LogP contribution in [0.5, 0.6) is 0 Å². The van der Waals surface area contributed by atoms with Crippen molar-refractivity contribution in [2.24, 2.45) is 0 Å². The maximum atomic E-state index is 13.8. The number of sulfonamides is 1. The molecule has 0 spiro atoms. The summed E-state index contributed by atoms with van der Waals surface area (Å²) in [6, 6.07) is 2.95. The summed E-state index contributed by atoms with van der Waals surface area (Å²) in [6.07, 6.45) is 1.55. The van der Waals surface area contributed by atoms with Gasteiger partial charge < -0.3 is 5.32 Å². The van der Waals surface area contributed by atoms with Crippen LogP contribution >= 0.6 is 0 Å². The number of sulfone groups is 1. The van der Waals surface area contributed by atoms with E-state index >= 15 is 0 Å². The second kappa shape index (κ2) is 5.64. The number of nitrogens with zero attached hydrogens (tertiary/aromatic N) is 1. The predicted octanol–water partition coefficient (Wildman–Crippen LogP) is 0.212. The number of halogens is 1. The van der Waals surface area contributed by atoms with Crippen molar-refractivity contribution in [3.05, 3.63) is 24.0 Å². The highest BCUT2D eigenvalue weighted by Crippen LogP contribution is 2.24. The van der Waals surface area contributed by atoms with Gasteiger partial charge in [0.2, 0.25) is 10.0 Å². The quantitative estimate of drug-likeness (QED) is 0.850. The van der Waals surface area contributed by atoms with Crippen LogP contribution in [0, 0.1) is 5.82 Å². The highest BCUT2D eigenvalue weighted by molar-refractivity contribution is 7.90. The molecule has 0 amide bonds. The Morgan fingerprint density at radius 1 is 1.29 bits per heavy atom. The Morgan fingerprint density at radius 2 is 1.95 bits per heavy atom. The van der Waals surface area contributed by atoms with Gasteiger partial charge in [0, 0.05) is 25.4 Å². The zero-order valence-corrected chi connectivity index (χ0v) is 13.3. The van der Waals surface area contributed by atoms with E-state index in [0.717, 1.165) is 24.5 Å². The third-order valence-corrected chi connectivity index (χ3v) is 6.49. The molecule has 0 unspecified atom stereocenters. The maximum absolute atomic E-state index is 13.8. The van der Waals surface area contributed by atoms with Gasteiger partial charge in [-0.1, -0.05) is 0 Å². The lowest BCUT2D eigenvalue weighted by Gasteiger charge is -2.17. The van der Waals surface area contributed by atoms with Crippen LogP contribution in [-0.2, 0) is 19.9 Å². The molecule has 2 rings (SSSR count). The molecular weight excluding hydrogens is 319 g/mol. The first-order valence-electron chi connectivity index (χ1n) is 6.33. The molecule has 1 aliphatic rings. The first-order valence-corrected chi connectivity index (χ1v) is 9.66. The van der Waals surface area contributed by atoms with Gasteiger partial charge in [-0.25, -0.2) is 21.2 Å². The summed E-state index contributed by atoms with van der Waals surface area (Å²) in [5.74, 6) is -1.05. The lowest BCUT2D eigenvalue weighted by Crippen LogP contribution is -2.33. The molecular formula is C12H17FN2O4S2. The minimum atomic E-state index is -3.81. The average molecular weight is 336 g/mol. The second-order valence-electron chi connectivity index (χ2n) is 5.00. The van der Waals surface area contributed by atoms with E-state index in [4.69, 9.17) is 0 Å². The molecule has 0 bridgehead atoms. The van der Waals surface area contributed by atoms with E-state index < -0.39 is 30.6 Å². The second-order valence-corrected chi connectivity index (χ2v) is 8.92. The molecule has 1 fully saturated rings. The molecule has 1 N–H and O–H groups in total. The lowest BCUT2D eigenvalue weighted by atomic mass is 10.3. The monoisotopic (exact) mass is 336 g/mol. The van der Waals surface area contributed by atoms with Gasteiger partial charge in [-0.15, -0.1) is 0 Å². The minimum Gasteiger partial charge on any atom is -0.316 e. The topological polar surface area (TPSA) is 83.6 Å². The van der Waals surface area contributed by atoms with Gasteiger partial charge in [-0.3, -0.25) is 0 Å². The maximum Gasteiger partial charge on any atom is 0.243 e. The number of hydrogen-bond donors (Lipinski definition) is 1. The van der Waals surface area contributed by atoms with Gasteiger partial charge in [0.05, 0.1) is 4.90 Å². The SMILES string of the molecule is CN[C@H]1CCN(S(=O)(=O)c2ccc(S(C)(=O)=O)c(F)c2)C1. The average Bonchev–Trinajstić information content (AvgIpc) is 2.86. The van der Waals surface area contributed by atoms with Crippen molar-refractivity contribution in [2.75, 3.05) is 26.4 Å². The fourth-order valence-corrected chi connectivity index (χ4v) is 4.51. The number of likely N-dealkylation sites (N-methyl/N-ethyl adjacent to an activating group) is 1. The lowest BCUT2D eigenvalue weighted by molar-refractivity contribution is 0.463. The molecule has 1 aromatic carbocycles. The molecule has 6 nitrogen and oxygen atoms in total. The third kappa shape index (κ3) is 3.25. The Hall–Kier alpha value is -1.03. The standard InChI is InChI=1S/C12H17FN2O4S2/c1-14-9-5-6-15(8-9)21(18,19)10-3-4-12(11(13)7-10)20(2,16)17/h3-4,7,9,14H,5-6,8H2,1-2H3/t9-/m0/s1. The first kappa shape index (κ1) is 16.3. The van der Waals surface area contributed by atoms with Gasteiger partial charge in [-0.05, 0) is 31.7 Å². The van der Waals surface area contributed by atoms with Crippen molar-refractivity contribution in [3.63, 3.8) is 0 Å². The summed E-state index contributed by atoms with van der Waals surface area (Å²) < 4.78 is 62.6. The molecule has 1 heterocycles. The molecule has 9 heteroatoms. The Morgan fingerprint density at radius 3 is 2.43 bits per heavy atom. The van der Waals surface area contributed by atoms with Crippen LogP contribution < -0.4 is 5.32 Å². The highest BCUT2D eigenvalue weighted by Gasteiger charge is 2.32. The zero-order chi connectivity index (χ0) is 15.8. The van der Waals surface area contributed by atoms with Crippen molar-refractivity contribution in [1.82, 2.24) is 9.62 Å². The van der Waals surface area contributed by atoms with Gasteiger partial charge in [-0.2, -0.15) is 4.31 Å². The first-order chi connectivity index (χ1) is 9.66. The molecule has 1 atom stereocenters. The summed E-state index contributed by atoms with van der Waals surface area (Å²) in [6.45, 7) is 0.664. The van der Waals surface area contributed by atoms with Crippen LogP contribution in [0.25, 0.3) is 0 Å². The van der Waals surface area contributed by atoms with E-state index in [-0.39, 0.29) is 10.9 Å². The van der Waals surface area contributed by atoms with Gasteiger partial charge >= 0.3 is 0 Å². The molecule has 118 valence electrons. The van der Waals surface area contributed by atoms with Crippen molar-refractivity contribution in [3.8, 4) is 0 Å². The van der Waals surface area contributed by atoms with Crippen molar-refractivity contribution in [2.45, 2.75) is 22.3 Å². The van der Waals surface area contributed by atoms with E-state index in [1.807, 2.05) is 0 Å². The van der Waals surface area contributed by atoms with Crippen LogP contribution in [0.3, 0.4) is 0 Å². The smallest absolute Gasteiger partial charge is 0.243 e. The van der Waals surface area contributed by atoms with Crippen molar-refractivity contribution in [1.29, 1.82) is 0 Å². The number of nitrogens with one attached hydrogen (secondary N) is 1. The summed E-state index contributed by atoms with van der Waals surface area (Å²) in [5.41, 5.74) is 0. The number of benzene rings is 1. The largest absolute Gasteiger partial charge is 0.316 e. The van der Waals surface area contributed by atoms with Gasteiger partial charge in [0.1, 0.15) is 10.7 Å². The molecule has 0 saturated carbocycles. The number of rotatable bonds is 4. The Balaban J connectivity index is 2.36. The fraction of sp³-hybridized carbons (Fsp3) is 0.500. The normalized spacial score (nSPS) is 20.8. The Kier molecular flexibility index (Phi) is 4.39. The predicted molar refractivity (Wildman–Crippen MR) is 75.7 cm³/mol. The van der Waals surface area contributed by atoms with Crippen LogP contribution in [-0.4, -0.2) is 53.6 Å². The van der Waals surface area contributed by atoms with E-state index in [9.17, 15) is 21.2 Å².